The molecule has 4 aromatic carbocycles. The van der Waals surface area contributed by atoms with Crippen LogP contribution in [0.4, 0.5) is 105 Å². The van der Waals surface area contributed by atoms with Gasteiger partial charge < -0.3 is 0 Å². The summed E-state index contributed by atoms with van der Waals surface area (Å²) in [6.07, 6.45) is -53.8. The topological polar surface area (TPSA) is 47.6 Å². The van der Waals surface area contributed by atoms with Gasteiger partial charge in [0.1, 0.15) is 6.15 Å². The fourth-order valence-electron chi connectivity index (χ4n) is 7.31. The first-order chi connectivity index (χ1) is 33.6. The maximum atomic E-state index is 14.2. The van der Waals surface area contributed by atoms with Crippen molar-refractivity contribution >= 4 is 50.7 Å². The number of rotatable bonds is 8. The molecule has 0 saturated heterocycles. The SMILES string of the molecule is FC(F)(F)c1cc([B-](c2cc(C(F)(F)F)cc(C(F)(F)F)c2)(c2cc(C(F)(F)F)cc(C(F)(F)F)c2)c2cc(C(F)(F)F)cc(C(F)(F)F)c2)cc(C(F)(F)F)c1.N#CCc1ccc([I+]c2ccc(CC#N)s2)s1. The molecule has 74 heavy (non-hydrogen) atoms. The number of alkyl halides is 24. The van der Waals surface area contributed by atoms with Crippen molar-refractivity contribution in [2.24, 2.45) is 0 Å². The Morgan fingerprint density at radius 3 is 0.676 bits per heavy atom. The van der Waals surface area contributed by atoms with Crippen molar-refractivity contribution in [1.29, 1.82) is 10.5 Å². The summed E-state index contributed by atoms with van der Waals surface area (Å²) in [6.45, 7) is 0. The molecule has 0 amide bonds. The van der Waals surface area contributed by atoms with Crippen LogP contribution in [0, 0.1) is 28.4 Å². The van der Waals surface area contributed by atoms with Crippen LogP contribution in [0.1, 0.15) is 54.3 Å². The van der Waals surface area contributed by atoms with Crippen molar-refractivity contribution in [2.75, 3.05) is 0 Å². The Labute approximate surface area is 417 Å². The lowest BCUT2D eigenvalue weighted by atomic mass is 9.12. The molecule has 0 fully saturated rings. The van der Waals surface area contributed by atoms with Crippen LogP contribution in [-0.4, -0.2) is 6.15 Å². The number of nitrogens with zero attached hydrogens (tertiary/aromatic N) is 2. The maximum Gasteiger partial charge on any atom is 0.416 e. The summed E-state index contributed by atoms with van der Waals surface area (Å²) in [5.74, 6) is 0. The van der Waals surface area contributed by atoms with Gasteiger partial charge in [0.05, 0.1) is 69.5 Å². The van der Waals surface area contributed by atoms with Gasteiger partial charge in [-0.05, 0) is 36.4 Å². The average molecular weight is 1230 g/mol. The highest BCUT2D eigenvalue weighted by Gasteiger charge is 2.47. The standard InChI is InChI=1S/C32H12BF24.C12H8IN2S2/c34-25(35,36)13-1-14(26(37,38)39)6-21(5-13)33(22-7-15(27(40,41)42)2-16(8-22)28(43,44)45,23-9-17(29(46,47)48)3-18(10-23)30(49,50)51)24-11-19(31(52,53)54)4-20(12-24)32(55,56)57;14-7-5-9-1-3-11(16-9)13-12-4-2-10(17-12)6-8-15/h1-12H;1-4H,5-6H2/q-1;+1. The van der Waals surface area contributed by atoms with Crippen molar-refractivity contribution in [3.8, 4) is 12.1 Å². The average Bonchev–Trinajstić information content (AvgIpc) is 3.90. The summed E-state index contributed by atoms with van der Waals surface area (Å²) in [4.78, 5) is 2.30. The highest BCUT2D eigenvalue weighted by molar-refractivity contribution is 7.20. The Hall–Kier alpha value is -5.63. The minimum atomic E-state index is -6.13. The molecule has 0 aliphatic heterocycles. The van der Waals surface area contributed by atoms with Gasteiger partial charge in [-0.15, -0.1) is 0 Å². The van der Waals surface area contributed by atoms with Crippen molar-refractivity contribution in [1.82, 2.24) is 0 Å². The van der Waals surface area contributed by atoms with Gasteiger partial charge >= 0.3 is 70.6 Å². The van der Waals surface area contributed by atoms with E-state index in [1.165, 1.54) is 5.77 Å². The van der Waals surface area contributed by atoms with E-state index in [2.05, 4.69) is 24.3 Å². The molecule has 2 nitrogen and oxygen atoms in total. The molecule has 0 saturated carbocycles. The molecule has 0 N–H and O–H groups in total. The van der Waals surface area contributed by atoms with Gasteiger partial charge in [0.25, 0.3) is 0 Å². The van der Waals surface area contributed by atoms with Gasteiger partial charge in [-0.1, -0.05) is 71.2 Å². The first-order valence-electron chi connectivity index (χ1n) is 19.5. The van der Waals surface area contributed by atoms with E-state index in [0.29, 0.717) is 12.8 Å². The molecule has 0 bridgehead atoms. The third kappa shape index (κ3) is 14.0. The van der Waals surface area contributed by atoms with Crippen LogP contribution in [0.25, 0.3) is 0 Å². The predicted molar refractivity (Wildman–Crippen MR) is 215 cm³/mol. The van der Waals surface area contributed by atoms with E-state index in [1.807, 2.05) is 12.1 Å². The number of nitriles is 2. The van der Waals surface area contributed by atoms with Crippen LogP contribution in [-0.2, 0) is 62.3 Å². The minimum Gasteiger partial charge on any atom is -0.198 e. The van der Waals surface area contributed by atoms with Crippen molar-refractivity contribution in [3.05, 3.63) is 157 Å². The lowest BCUT2D eigenvalue weighted by Crippen LogP contribution is -3.61. The van der Waals surface area contributed by atoms with E-state index >= 15 is 0 Å². The highest BCUT2D eigenvalue weighted by Crippen LogP contribution is 2.41. The normalized spacial score (nSPS) is 13.3. The Kier molecular flexibility index (Phi) is 16.7. The molecule has 0 unspecified atom stereocenters. The molecule has 2 heterocycles. The monoisotopic (exact) mass is 1230 g/mol. The molecule has 2 aromatic heterocycles. The second-order valence-electron chi connectivity index (χ2n) is 15.4. The smallest absolute Gasteiger partial charge is 0.198 e. The van der Waals surface area contributed by atoms with Gasteiger partial charge in [0.15, 0.2) is 0 Å². The van der Waals surface area contributed by atoms with Gasteiger partial charge in [0.2, 0.25) is 5.77 Å². The fraction of sp³-hybridized carbons (Fsp3) is 0.227. The van der Waals surface area contributed by atoms with Gasteiger partial charge in [0, 0.05) is 21.9 Å². The molecule has 0 atom stereocenters. The summed E-state index contributed by atoms with van der Waals surface area (Å²) in [5, 5.41) is 17.2. The van der Waals surface area contributed by atoms with Crippen molar-refractivity contribution < 1.29 is 127 Å². The third-order valence-corrected chi connectivity index (χ3v) is 16.3. The Morgan fingerprint density at radius 2 is 0.514 bits per heavy atom. The molecule has 6 rings (SSSR count). The Bertz CT molecular complexity index is 2590. The quantitative estimate of drug-likeness (QED) is 0.0866. The molecule has 0 aliphatic rings. The number of halogens is 25. The number of hydrogen-bond donors (Lipinski definition) is 0. The van der Waals surface area contributed by atoms with Crippen LogP contribution in [0.2, 0.25) is 0 Å². The van der Waals surface area contributed by atoms with E-state index < -0.39 is 195 Å². The van der Waals surface area contributed by atoms with Crippen molar-refractivity contribution in [3.63, 3.8) is 0 Å². The van der Waals surface area contributed by atoms with Crippen LogP contribution in [0.3, 0.4) is 0 Å². The lowest BCUT2D eigenvalue weighted by Gasteiger charge is -2.46. The van der Waals surface area contributed by atoms with E-state index in [4.69, 9.17) is 10.5 Å². The molecule has 0 spiro atoms. The van der Waals surface area contributed by atoms with E-state index in [-0.39, 0.29) is 21.2 Å². The van der Waals surface area contributed by atoms with Crippen LogP contribution < -0.4 is 43.1 Å². The second kappa shape index (κ2) is 20.8. The lowest BCUT2D eigenvalue weighted by molar-refractivity contribution is -0.585. The molecule has 0 aliphatic carbocycles. The molecule has 0 radical (unpaired) electrons. The van der Waals surface area contributed by atoms with E-state index in [0.717, 1.165) is 9.75 Å². The number of thiophene rings is 2. The summed E-state index contributed by atoms with van der Waals surface area (Å²) in [5.41, 5.74) is -30.2. The van der Waals surface area contributed by atoms with E-state index in [9.17, 15) is 105 Å². The Balaban J connectivity index is 0.000000500. The highest BCUT2D eigenvalue weighted by atomic mass is 127. The maximum absolute atomic E-state index is 14.2. The third-order valence-electron chi connectivity index (χ3n) is 10.4. The first kappa shape index (κ1) is 59.3. The number of benzene rings is 4. The zero-order chi connectivity index (χ0) is 56.0. The van der Waals surface area contributed by atoms with Crippen LogP contribution in [0.15, 0.2) is 97.1 Å². The predicted octanol–water partition coefficient (Wildman–Crippen LogP) is 11.3. The zero-order valence-electron chi connectivity index (χ0n) is 35.4. The summed E-state index contributed by atoms with van der Waals surface area (Å²) in [7, 11) is 0. The summed E-state index contributed by atoms with van der Waals surface area (Å²) >= 11 is 3.35. The van der Waals surface area contributed by atoms with Crippen LogP contribution >= 0.6 is 22.7 Å². The van der Waals surface area contributed by atoms with E-state index in [1.54, 1.807) is 22.7 Å². The summed E-state index contributed by atoms with van der Waals surface area (Å²) < 4.78 is 344. The van der Waals surface area contributed by atoms with Crippen molar-refractivity contribution in [2.45, 2.75) is 62.3 Å². The molecular formula is C44H20BF24IN2S2. The Morgan fingerprint density at radius 1 is 0.324 bits per heavy atom. The second-order valence-corrected chi connectivity index (χ2v) is 22.1. The first-order valence-corrected chi connectivity index (χ1v) is 23.3. The number of hydrogen-bond acceptors (Lipinski definition) is 4. The van der Waals surface area contributed by atoms with Gasteiger partial charge in [-0.3, -0.25) is 0 Å². The molecule has 396 valence electrons. The van der Waals surface area contributed by atoms with Crippen LogP contribution in [0.5, 0.6) is 0 Å². The largest absolute Gasteiger partial charge is 0.416 e. The minimum absolute atomic E-state index is 0.134. The van der Waals surface area contributed by atoms with Gasteiger partial charge in [-0.2, -0.15) is 138 Å². The van der Waals surface area contributed by atoms with Gasteiger partial charge in [-0.25, -0.2) is 0 Å². The summed E-state index contributed by atoms with van der Waals surface area (Å²) in [6, 6.07) is 3.90. The zero-order valence-corrected chi connectivity index (χ0v) is 39.2. The fourth-order valence-corrected chi connectivity index (χ4v) is 13.8. The molecular weight excluding hydrogens is 1210 g/mol. The molecule has 30 heteroatoms. The molecule has 6 aromatic rings.